The molecule has 0 bridgehead atoms. The summed E-state index contributed by atoms with van der Waals surface area (Å²) >= 11 is 0. The fourth-order valence-electron chi connectivity index (χ4n) is 3.96. The van der Waals surface area contributed by atoms with Crippen LogP contribution in [0.2, 0.25) is 0 Å². The highest BCUT2D eigenvalue weighted by molar-refractivity contribution is 5.99. The summed E-state index contributed by atoms with van der Waals surface area (Å²) in [6.45, 7) is 1.06. The van der Waals surface area contributed by atoms with Crippen LogP contribution in [0.15, 0.2) is 55.0 Å². The molecule has 1 aliphatic heterocycles. The summed E-state index contributed by atoms with van der Waals surface area (Å²) < 4.78 is 13.4. The highest BCUT2D eigenvalue weighted by Gasteiger charge is 2.20. The molecule has 4 heterocycles. The van der Waals surface area contributed by atoms with Crippen LogP contribution in [-0.2, 0) is 13.5 Å². The number of likely N-dealkylation sites (N-methyl/N-ethyl adjacent to an activating group) is 1. The molecule has 4 aromatic rings. The van der Waals surface area contributed by atoms with Gasteiger partial charge in [-0.1, -0.05) is 12.1 Å². The minimum Gasteiger partial charge on any atom is -0.481 e. The van der Waals surface area contributed by atoms with Gasteiger partial charge in [0.1, 0.15) is 17.1 Å². The van der Waals surface area contributed by atoms with E-state index in [-0.39, 0.29) is 0 Å². The van der Waals surface area contributed by atoms with Crippen LogP contribution < -0.4 is 14.4 Å². The van der Waals surface area contributed by atoms with Gasteiger partial charge in [-0.2, -0.15) is 0 Å². The molecule has 0 radical (unpaired) electrons. The Morgan fingerprint density at radius 2 is 1.93 bits per heavy atom. The fraction of sp³-hybridized carbons (Fsp3) is 0.217. The number of benzene rings is 1. The van der Waals surface area contributed by atoms with Gasteiger partial charge >= 0.3 is 0 Å². The summed E-state index contributed by atoms with van der Waals surface area (Å²) in [6, 6.07) is 12.2. The van der Waals surface area contributed by atoms with Crippen molar-refractivity contribution < 1.29 is 9.47 Å². The number of anilines is 1. The van der Waals surface area contributed by atoms with E-state index in [1.807, 2.05) is 23.7 Å². The predicted molar refractivity (Wildman–Crippen MR) is 114 cm³/mol. The van der Waals surface area contributed by atoms with E-state index in [0.29, 0.717) is 11.6 Å². The van der Waals surface area contributed by atoms with E-state index in [9.17, 15) is 0 Å². The van der Waals surface area contributed by atoms with Gasteiger partial charge < -0.3 is 18.9 Å². The Balaban J connectivity index is 1.62. The van der Waals surface area contributed by atoms with Crippen LogP contribution in [0.3, 0.4) is 0 Å². The number of aromatic nitrogens is 3. The molecular weight excluding hydrogens is 364 g/mol. The van der Waals surface area contributed by atoms with E-state index in [0.717, 1.165) is 40.9 Å². The molecule has 29 heavy (non-hydrogen) atoms. The van der Waals surface area contributed by atoms with Crippen molar-refractivity contribution in [1.82, 2.24) is 14.5 Å². The predicted octanol–water partition coefficient (Wildman–Crippen LogP) is 4.43. The molecule has 0 saturated heterocycles. The molecule has 0 saturated carbocycles. The smallest absolute Gasteiger partial charge is 0.213 e. The molecule has 1 aromatic carbocycles. The second-order valence-electron chi connectivity index (χ2n) is 7.31. The molecule has 146 valence electrons. The van der Waals surface area contributed by atoms with Gasteiger partial charge in [0.25, 0.3) is 0 Å². The minimum absolute atomic E-state index is 0.555. The maximum atomic E-state index is 6.20. The van der Waals surface area contributed by atoms with Crippen LogP contribution in [-0.4, -0.2) is 35.2 Å². The van der Waals surface area contributed by atoms with E-state index < -0.39 is 0 Å². The van der Waals surface area contributed by atoms with E-state index in [4.69, 9.17) is 9.47 Å². The lowest BCUT2D eigenvalue weighted by molar-refractivity contribution is 0.395. The van der Waals surface area contributed by atoms with Crippen LogP contribution >= 0.6 is 0 Å². The Labute approximate surface area is 169 Å². The summed E-state index contributed by atoms with van der Waals surface area (Å²) in [5, 5.41) is 0.992. The topological polar surface area (TPSA) is 52.4 Å². The highest BCUT2D eigenvalue weighted by Crippen LogP contribution is 2.40. The number of hydrogen-bond acceptors (Lipinski definition) is 5. The van der Waals surface area contributed by atoms with Crippen molar-refractivity contribution in [2.45, 2.75) is 6.42 Å². The molecule has 0 unspecified atom stereocenters. The molecule has 0 amide bonds. The average molecular weight is 386 g/mol. The average Bonchev–Trinajstić information content (AvgIpc) is 3.29. The number of nitrogens with zero attached hydrogens (tertiary/aromatic N) is 4. The van der Waals surface area contributed by atoms with Gasteiger partial charge in [-0.05, 0) is 35.7 Å². The first-order chi connectivity index (χ1) is 14.1. The van der Waals surface area contributed by atoms with Crippen LogP contribution in [0.1, 0.15) is 5.56 Å². The molecule has 0 atom stereocenters. The second-order valence-corrected chi connectivity index (χ2v) is 7.31. The SMILES string of the molecule is COc1ccc(Oc2ccnc3c2c(-c2ccc4c(c2)N(C)CC4)cn3C)cn1. The lowest BCUT2D eigenvalue weighted by Crippen LogP contribution is -2.12. The summed E-state index contributed by atoms with van der Waals surface area (Å²) in [4.78, 5) is 11.1. The molecular formula is C23H22N4O2. The van der Waals surface area contributed by atoms with E-state index in [2.05, 4.69) is 46.3 Å². The van der Waals surface area contributed by atoms with Gasteiger partial charge in [0, 0.05) is 50.4 Å². The Morgan fingerprint density at radius 1 is 1.03 bits per heavy atom. The third-order valence-corrected chi connectivity index (χ3v) is 5.49. The lowest BCUT2D eigenvalue weighted by Gasteiger charge is -2.13. The number of rotatable bonds is 4. The summed E-state index contributed by atoms with van der Waals surface area (Å²) in [7, 11) is 5.75. The Hall–Kier alpha value is -3.54. The first kappa shape index (κ1) is 17.6. The van der Waals surface area contributed by atoms with Gasteiger partial charge in [0.15, 0.2) is 0 Å². The molecule has 6 heteroatoms. The van der Waals surface area contributed by atoms with Crippen molar-refractivity contribution in [3.8, 4) is 28.5 Å². The number of hydrogen-bond donors (Lipinski definition) is 0. The maximum Gasteiger partial charge on any atom is 0.213 e. The van der Waals surface area contributed by atoms with Gasteiger partial charge in [0.2, 0.25) is 5.88 Å². The van der Waals surface area contributed by atoms with Gasteiger partial charge in [-0.3, -0.25) is 0 Å². The van der Waals surface area contributed by atoms with E-state index >= 15 is 0 Å². The number of fused-ring (bicyclic) bond motifs is 2. The minimum atomic E-state index is 0.555. The van der Waals surface area contributed by atoms with Gasteiger partial charge in [0.05, 0.1) is 18.7 Å². The first-order valence-corrected chi connectivity index (χ1v) is 9.60. The summed E-state index contributed by atoms with van der Waals surface area (Å²) in [6.07, 6.45) is 6.66. The second kappa shape index (κ2) is 6.81. The molecule has 6 nitrogen and oxygen atoms in total. The summed E-state index contributed by atoms with van der Waals surface area (Å²) in [5.41, 5.74) is 5.84. The van der Waals surface area contributed by atoms with Gasteiger partial charge in [-0.15, -0.1) is 0 Å². The van der Waals surface area contributed by atoms with Crippen molar-refractivity contribution in [2.75, 3.05) is 25.6 Å². The number of methoxy groups -OCH3 is 1. The number of ether oxygens (including phenoxy) is 2. The lowest BCUT2D eigenvalue weighted by atomic mass is 10.0. The summed E-state index contributed by atoms with van der Waals surface area (Å²) in [5.74, 6) is 1.97. The molecule has 1 aliphatic rings. The highest BCUT2D eigenvalue weighted by atomic mass is 16.5. The number of pyridine rings is 2. The number of aryl methyl sites for hydroxylation is 1. The third kappa shape index (κ3) is 2.97. The Morgan fingerprint density at radius 3 is 2.72 bits per heavy atom. The van der Waals surface area contributed by atoms with Crippen molar-refractivity contribution >= 4 is 16.7 Å². The van der Waals surface area contributed by atoms with Crippen LogP contribution in [0, 0.1) is 0 Å². The van der Waals surface area contributed by atoms with E-state index in [1.54, 1.807) is 25.6 Å². The first-order valence-electron chi connectivity index (χ1n) is 9.60. The monoisotopic (exact) mass is 386 g/mol. The zero-order valence-corrected chi connectivity index (χ0v) is 16.7. The zero-order chi connectivity index (χ0) is 20.0. The van der Waals surface area contributed by atoms with Gasteiger partial charge in [-0.25, -0.2) is 9.97 Å². The Bertz CT molecular complexity index is 1200. The fourth-order valence-corrected chi connectivity index (χ4v) is 3.96. The maximum absolute atomic E-state index is 6.20. The molecule has 0 N–H and O–H groups in total. The van der Waals surface area contributed by atoms with Crippen molar-refractivity contribution in [2.24, 2.45) is 7.05 Å². The van der Waals surface area contributed by atoms with Crippen molar-refractivity contribution in [1.29, 1.82) is 0 Å². The zero-order valence-electron chi connectivity index (χ0n) is 16.7. The van der Waals surface area contributed by atoms with Crippen molar-refractivity contribution in [3.05, 3.63) is 60.6 Å². The molecule has 5 rings (SSSR count). The Kier molecular flexibility index (Phi) is 4.12. The molecule has 0 fully saturated rings. The quantitative estimate of drug-likeness (QED) is 0.519. The van der Waals surface area contributed by atoms with E-state index in [1.165, 1.54) is 11.3 Å². The standard InChI is InChI=1S/C23H22N4O2/c1-26-11-9-15-4-5-16(12-19(15)26)18-14-27(2)23-22(18)20(8-10-24-23)29-17-6-7-21(28-3)25-13-17/h4-8,10,12-14H,9,11H2,1-3H3. The van der Waals surface area contributed by atoms with Crippen molar-refractivity contribution in [3.63, 3.8) is 0 Å². The molecule has 3 aromatic heterocycles. The van der Waals surface area contributed by atoms with Crippen LogP contribution in [0.25, 0.3) is 22.2 Å². The van der Waals surface area contributed by atoms with Crippen LogP contribution in [0.4, 0.5) is 5.69 Å². The molecule has 0 spiro atoms. The molecule has 0 aliphatic carbocycles. The largest absolute Gasteiger partial charge is 0.481 e. The van der Waals surface area contributed by atoms with Crippen LogP contribution in [0.5, 0.6) is 17.4 Å². The normalized spacial score (nSPS) is 13.0. The third-order valence-electron chi connectivity index (χ3n) is 5.49.